The fourth-order valence-corrected chi connectivity index (χ4v) is 9.58. The Labute approximate surface area is 274 Å². The molecule has 11 nitrogen and oxygen atoms in total. The zero-order valence-electron chi connectivity index (χ0n) is 29.1. The molecule has 0 radical (unpaired) electrons. The molecule has 2 unspecified atom stereocenters. The Hall–Kier alpha value is -0.890. The van der Waals surface area contributed by atoms with E-state index in [1.165, 1.54) is 7.11 Å². The van der Waals surface area contributed by atoms with Gasteiger partial charge in [0.25, 0.3) is 0 Å². The fourth-order valence-electron chi connectivity index (χ4n) is 9.58. The number of carbonyl (C=O) groups is 1. The van der Waals surface area contributed by atoms with E-state index in [9.17, 15) is 25.2 Å². The first-order chi connectivity index (χ1) is 21.5. The van der Waals surface area contributed by atoms with Crippen LogP contribution in [0.2, 0.25) is 0 Å². The van der Waals surface area contributed by atoms with Crippen molar-refractivity contribution in [1.82, 2.24) is 0 Å². The van der Waals surface area contributed by atoms with Gasteiger partial charge in [-0.05, 0) is 57.3 Å². The summed E-state index contributed by atoms with van der Waals surface area (Å²) in [5, 5.41) is 41.5. The first kappa shape index (κ1) is 36.4. The van der Waals surface area contributed by atoms with Crippen LogP contribution in [0.1, 0.15) is 106 Å². The van der Waals surface area contributed by atoms with Gasteiger partial charge in [-0.1, -0.05) is 41.5 Å². The molecule has 4 N–H and O–H groups in total. The van der Waals surface area contributed by atoms with E-state index in [4.69, 9.17) is 28.4 Å². The van der Waals surface area contributed by atoms with E-state index in [-0.39, 0.29) is 60.4 Å². The molecule has 0 bridgehead atoms. The lowest BCUT2D eigenvalue weighted by atomic mass is 9.80. The van der Waals surface area contributed by atoms with Crippen molar-refractivity contribution in [2.75, 3.05) is 13.7 Å². The van der Waals surface area contributed by atoms with Crippen LogP contribution in [0.3, 0.4) is 0 Å². The van der Waals surface area contributed by atoms with E-state index in [1.807, 2.05) is 20.8 Å². The number of hydrogen-bond acceptors (Lipinski definition) is 10. The Bertz CT molecular complexity index is 1080. The number of hydrogen-bond donors (Lipinski definition) is 4. The molecule has 5 aliphatic heterocycles. The van der Waals surface area contributed by atoms with Crippen LogP contribution in [-0.4, -0.2) is 106 Å². The summed E-state index contributed by atoms with van der Waals surface area (Å²) >= 11 is 0. The molecule has 0 amide bonds. The molecule has 5 aliphatic rings. The van der Waals surface area contributed by atoms with Gasteiger partial charge in [0, 0.05) is 37.7 Å². The summed E-state index contributed by atoms with van der Waals surface area (Å²) in [7, 11) is 1.51. The highest BCUT2D eigenvalue weighted by Gasteiger charge is 2.62. The molecular formula is C35H60O11. The van der Waals surface area contributed by atoms with Crippen LogP contribution in [0.4, 0.5) is 0 Å². The van der Waals surface area contributed by atoms with Crippen molar-refractivity contribution < 1.29 is 53.6 Å². The molecule has 5 heterocycles. The SMILES string of the molecule is CC[C@@]1([C@@H]2O[C@@H]([C@H]3O[C@@](O)(CO)[C@H](C)C[C@@H]3C)C[C@@H]2C)CC[C@H]([C@]2(C)CCC3(C[C@H](O)[C@@H](C)C([C@@H](C)[C@H](CC(=O)O)OC)O3)O2)O1. The molecule has 46 heavy (non-hydrogen) atoms. The molecule has 16 atom stereocenters. The topological polar surface area (TPSA) is 153 Å². The summed E-state index contributed by atoms with van der Waals surface area (Å²) in [5.74, 6) is -3.74. The van der Waals surface area contributed by atoms with Crippen LogP contribution >= 0.6 is 0 Å². The van der Waals surface area contributed by atoms with Crippen LogP contribution in [0, 0.1) is 29.6 Å². The quantitative estimate of drug-likeness (QED) is 0.270. The maximum absolute atomic E-state index is 11.5. The molecule has 0 saturated carbocycles. The van der Waals surface area contributed by atoms with Crippen LogP contribution < -0.4 is 0 Å². The number of carboxylic acid groups (broad SMARTS) is 1. The lowest BCUT2D eigenvalue weighted by Crippen LogP contribution is -2.56. The zero-order valence-corrected chi connectivity index (χ0v) is 29.1. The standard InChI is InChI=1S/C35H60O11/c1-9-33(31-20(3)15-26(42-31)29-19(2)14-21(4)35(40,18-36)45-29)11-10-27(43-33)32(7)12-13-34(46-32)17-24(37)22(5)30(44-34)23(6)25(41-8)16-28(38)39/h19-27,29-31,36-37,40H,9-18H2,1-8H3,(H,38,39)/t19-,20-,21+,22+,23-,24-,25-,26+,27+,29-,30?,31+,32-,33-,34?,35-/m0/s1. The molecular weight excluding hydrogens is 596 g/mol. The molecule has 0 aromatic carbocycles. The maximum Gasteiger partial charge on any atom is 0.305 e. The van der Waals surface area contributed by atoms with E-state index >= 15 is 0 Å². The zero-order chi connectivity index (χ0) is 33.8. The average molecular weight is 657 g/mol. The minimum absolute atomic E-state index is 0.142. The third-order valence-corrected chi connectivity index (χ3v) is 12.6. The van der Waals surface area contributed by atoms with Crippen molar-refractivity contribution >= 4 is 5.97 Å². The summed E-state index contributed by atoms with van der Waals surface area (Å²) in [6.45, 7) is 13.9. The van der Waals surface area contributed by atoms with E-state index in [1.54, 1.807) is 0 Å². The Kier molecular flexibility index (Phi) is 10.6. The van der Waals surface area contributed by atoms with Crippen LogP contribution in [0.25, 0.3) is 0 Å². The minimum Gasteiger partial charge on any atom is -0.481 e. The van der Waals surface area contributed by atoms with Gasteiger partial charge in [-0.25, -0.2) is 0 Å². The molecule has 5 rings (SSSR count). The number of aliphatic carboxylic acids is 1. The Morgan fingerprint density at radius 2 is 1.76 bits per heavy atom. The Morgan fingerprint density at radius 3 is 2.39 bits per heavy atom. The predicted molar refractivity (Wildman–Crippen MR) is 168 cm³/mol. The predicted octanol–water partition coefficient (Wildman–Crippen LogP) is 4.03. The second-order valence-electron chi connectivity index (χ2n) is 15.8. The summed E-state index contributed by atoms with van der Waals surface area (Å²) < 4.78 is 39.2. The summed E-state index contributed by atoms with van der Waals surface area (Å²) in [6, 6.07) is 0. The van der Waals surface area contributed by atoms with Gasteiger partial charge in [-0.2, -0.15) is 0 Å². The fraction of sp³-hybridized carbons (Fsp3) is 0.971. The van der Waals surface area contributed by atoms with Gasteiger partial charge in [-0.15, -0.1) is 0 Å². The highest BCUT2D eigenvalue weighted by molar-refractivity contribution is 5.67. The number of carboxylic acids is 1. The van der Waals surface area contributed by atoms with Crippen molar-refractivity contribution in [3.05, 3.63) is 0 Å². The number of aliphatic hydroxyl groups excluding tert-OH is 2. The lowest BCUT2D eigenvalue weighted by Gasteiger charge is -2.48. The third-order valence-electron chi connectivity index (χ3n) is 12.6. The third kappa shape index (κ3) is 6.54. The average Bonchev–Trinajstić information content (AvgIpc) is 3.72. The van der Waals surface area contributed by atoms with Crippen molar-refractivity contribution in [2.45, 2.75) is 172 Å². The van der Waals surface area contributed by atoms with Crippen molar-refractivity contribution in [1.29, 1.82) is 0 Å². The maximum atomic E-state index is 11.5. The molecule has 1 spiro atoms. The summed E-state index contributed by atoms with van der Waals surface area (Å²) in [5.41, 5.74) is -1.14. The normalized spacial score (nSPS) is 51.0. The van der Waals surface area contributed by atoms with E-state index in [0.717, 1.165) is 32.1 Å². The van der Waals surface area contributed by atoms with Gasteiger partial charge in [0.2, 0.25) is 0 Å². The molecule has 0 aromatic rings. The van der Waals surface area contributed by atoms with Gasteiger partial charge >= 0.3 is 5.97 Å². The highest BCUT2D eigenvalue weighted by Crippen LogP contribution is 2.54. The molecule has 5 saturated heterocycles. The molecule has 0 aromatic heterocycles. The second kappa shape index (κ2) is 13.4. The van der Waals surface area contributed by atoms with Gasteiger partial charge < -0.3 is 48.8 Å². The monoisotopic (exact) mass is 656 g/mol. The first-order valence-electron chi connectivity index (χ1n) is 17.7. The molecule has 11 heteroatoms. The molecule has 0 aliphatic carbocycles. The number of ether oxygens (including phenoxy) is 6. The number of methoxy groups -OCH3 is 1. The van der Waals surface area contributed by atoms with Gasteiger partial charge in [0.05, 0.1) is 67.0 Å². The van der Waals surface area contributed by atoms with Gasteiger partial charge in [0.1, 0.15) is 0 Å². The van der Waals surface area contributed by atoms with E-state index in [2.05, 4.69) is 27.7 Å². The second-order valence-corrected chi connectivity index (χ2v) is 15.8. The Morgan fingerprint density at radius 1 is 1.04 bits per heavy atom. The van der Waals surface area contributed by atoms with Crippen LogP contribution in [-0.2, 0) is 33.2 Å². The van der Waals surface area contributed by atoms with Crippen molar-refractivity contribution in [2.24, 2.45) is 29.6 Å². The van der Waals surface area contributed by atoms with Crippen LogP contribution in [0.5, 0.6) is 0 Å². The molecule has 266 valence electrons. The summed E-state index contributed by atoms with van der Waals surface area (Å²) in [4.78, 5) is 11.5. The van der Waals surface area contributed by atoms with E-state index < -0.39 is 53.7 Å². The van der Waals surface area contributed by atoms with Crippen molar-refractivity contribution in [3.63, 3.8) is 0 Å². The van der Waals surface area contributed by atoms with E-state index in [0.29, 0.717) is 19.3 Å². The number of rotatable bonds is 10. The Balaban J connectivity index is 1.28. The smallest absolute Gasteiger partial charge is 0.305 e. The largest absolute Gasteiger partial charge is 0.481 e. The minimum atomic E-state index is -1.56. The van der Waals surface area contributed by atoms with Gasteiger partial charge in [0.15, 0.2) is 11.6 Å². The lowest BCUT2D eigenvalue weighted by molar-refractivity contribution is -0.336. The molecule has 5 fully saturated rings. The highest BCUT2D eigenvalue weighted by atomic mass is 16.7. The van der Waals surface area contributed by atoms with Crippen LogP contribution in [0.15, 0.2) is 0 Å². The summed E-state index contributed by atoms with van der Waals surface area (Å²) in [6.07, 6.45) is 2.94. The first-order valence-corrected chi connectivity index (χ1v) is 17.7. The van der Waals surface area contributed by atoms with Crippen molar-refractivity contribution in [3.8, 4) is 0 Å². The number of aliphatic hydroxyl groups is 3. The van der Waals surface area contributed by atoms with Gasteiger partial charge in [-0.3, -0.25) is 4.79 Å².